The standard InChI is InChI=1S/C13H30N2/c1-6-9-13(3)15(5)11-8-7-10-12(2)14-4/h12-14H,6-11H2,1-5H3. The summed E-state index contributed by atoms with van der Waals surface area (Å²) in [5.74, 6) is 0. The zero-order valence-electron chi connectivity index (χ0n) is 11.3. The van der Waals surface area contributed by atoms with Crippen molar-refractivity contribution in [2.75, 3.05) is 20.6 Å². The monoisotopic (exact) mass is 214 g/mol. The summed E-state index contributed by atoms with van der Waals surface area (Å²) in [4.78, 5) is 2.49. The molecule has 15 heavy (non-hydrogen) atoms. The van der Waals surface area contributed by atoms with E-state index in [0.717, 1.165) is 6.04 Å². The van der Waals surface area contributed by atoms with Crippen LogP contribution in [0, 0.1) is 0 Å². The fraction of sp³-hybridized carbons (Fsp3) is 1.00. The predicted molar refractivity (Wildman–Crippen MR) is 69.4 cm³/mol. The third-order valence-electron chi connectivity index (χ3n) is 3.35. The van der Waals surface area contributed by atoms with Crippen LogP contribution in [0.3, 0.4) is 0 Å². The Kier molecular flexibility index (Phi) is 9.12. The lowest BCUT2D eigenvalue weighted by atomic mass is 10.1. The molecule has 0 saturated carbocycles. The topological polar surface area (TPSA) is 15.3 Å². The summed E-state index contributed by atoms with van der Waals surface area (Å²) >= 11 is 0. The highest BCUT2D eigenvalue weighted by molar-refractivity contribution is 4.63. The molecule has 0 bridgehead atoms. The first kappa shape index (κ1) is 14.9. The van der Waals surface area contributed by atoms with Gasteiger partial charge in [-0.2, -0.15) is 0 Å². The van der Waals surface area contributed by atoms with Gasteiger partial charge in [-0.25, -0.2) is 0 Å². The van der Waals surface area contributed by atoms with Gasteiger partial charge in [0.25, 0.3) is 0 Å². The molecule has 0 aliphatic heterocycles. The van der Waals surface area contributed by atoms with Gasteiger partial charge in [0.1, 0.15) is 0 Å². The lowest BCUT2D eigenvalue weighted by Crippen LogP contribution is -2.30. The van der Waals surface area contributed by atoms with Crippen molar-refractivity contribution in [1.82, 2.24) is 10.2 Å². The Morgan fingerprint density at radius 3 is 2.33 bits per heavy atom. The van der Waals surface area contributed by atoms with Crippen molar-refractivity contribution in [2.45, 2.75) is 65.0 Å². The van der Waals surface area contributed by atoms with Gasteiger partial charge < -0.3 is 10.2 Å². The largest absolute Gasteiger partial charge is 0.317 e. The highest BCUT2D eigenvalue weighted by Gasteiger charge is 2.07. The molecule has 0 heterocycles. The summed E-state index contributed by atoms with van der Waals surface area (Å²) < 4.78 is 0. The first-order valence-corrected chi connectivity index (χ1v) is 6.49. The molecule has 0 rings (SSSR count). The van der Waals surface area contributed by atoms with Crippen LogP contribution in [0.5, 0.6) is 0 Å². The maximum Gasteiger partial charge on any atom is 0.00637 e. The second-order valence-electron chi connectivity index (χ2n) is 4.80. The molecule has 0 saturated heterocycles. The summed E-state index contributed by atoms with van der Waals surface area (Å²) in [7, 11) is 4.29. The number of nitrogens with zero attached hydrogens (tertiary/aromatic N) is 1. The van der Waals surface area contributed by atoms with E-state index in [2.05, 4.69) is 38.0 Å². The van der Waals surface area contributed by atoms with E-state index in [4.69, 9.17) is 0 Å². The first-order valence-electron chi connectivity index (χ1n) is 6.49. The molecule has 92 valence electrons. The maximum atomic E-state index is 3.28. The van der Waals surface area contributed by atoms with Crippen molar-refractivity contribution in [3.05, 3.63) is 0 Å². The normalized spacial score (nSPS) is 15.6. The van der Waals surface area contributed by atoms with Crippen molar-refractivity contribution < 1.29 is 0 Å². The summed E-state index contributed by atoms with van der Waals surface area (Å²) in [5, 5.41) is 3.28. The molecule has 2 unspecified atom stereocenters. The summed E-state index contributed by atoms with van der Waals surface area (Å²) in [6, 6.07) is 1.42. The van der Waals surface area contributed by atoms with Crippen LogP contribution < -0.4 is 5.32 Å². The van der Waals surface area contributed by atoms with Gasteiger partial charge in [0.05, 0.1) is 0 Å². The Balaban J connectivity index is 3.41. The van der Waals surface area contributed by atoms with Crippen LogP contribution in [0.25, 0.3) is 0 Å². The Morgan fingerprint density at radius 2 is 1.80 bits per heavy atom. The first-order chi connectivity index (χ1) is 7.11. The third kappa shape index (κ3) is 7.80. The van der Waals surface area contributed by atoms with Crippen molar-refractivity contribution in [1.29, 1.82) is 0 Å². The van der Waals surface area contributed by atoms with Crippen molar-refractivity contribution in [3.8, 4) is 0 Å². The van der Waals surface area contributed by atoms with Crippen molar-refractivity contribution in [3.63, 3.8) is 0 Å². The Bertz CT molecular complexity index is 136. The van der Waals surface area contributed by atoms with E-state index in [1.165, 1.54) is 38.6 Å². The highest BCUT2D eigenvalue weighted by atomic mass is 15.1. The summed E-state index contributed by atoms with van der Waals surface area (Å²) in [6.45, 7) is 8.10. The van der Waals surface area contributed by atoms with Crippen LogP contribution in [0.4, 0.5) is 0 Å². The lowest BCUT2D eigenvalue weighted by molar-refractivity contribution is 0.238. The Labute approximate surface area is 96.4 Å². The van der Waals surface area contributed by atoms with Crippen LogP contribution in [0.15, 0.2) is 0 Å². The predicted octanol–water partition coefficient (Wildman–Crippen LogP) is 2.89. The Morgan fingerprint density at radius 1 is 1.13 bits per heavy atom. The molecule has 2 nitrogen and oxygen atoms in total. The summed E-state index contributed by atoms with van der Waals surface area (Å²) in [6.07, 6.45) is 6.58. The molecular formula is C13H30N2. The Hall–Kier alpha value is -0.0800. The number of rotatable bonds is 9. The molecular weight excluding hydrogens is 184 g/mol. The van der Waals surface area contributed by atoms with Crippen LogP contribution >= 0.6 is 0 Å². The van der Waals surface area contributed by atoms with Gasteiger partial charge in [-0.15, -0.1) is 0 Å². The van der Waals surface area contributed by atoms with Crippen LogP contribution in [-0.2, 0) is 0 Å². The van der Waals surface area contributed by atoms with Gasteiger partial charge >= 0.3 is 0 Å². The fourth-order valence-corrected chi connectivity index (χ4v) is 1.81. The van der Waals surface area contributed by atoms with Gasteiger partial charge in [-0.05, 0) is 53.8 Å². The minimum Gasteiger partial charge on any atom is -0.317 e. The van der Waals surface area contributed by atoms with Crippen LogP contribution in [0.1, 0.15) is 52.9 Å². The second-order valence-corrected chi connectivity index (χ2v) is 4.80. The minimum atomic E-state index is 0.670. The van der Waals surface area contributed by atoms with Crippen LogP contribution in [0.2, 0.25) is 0 Å². The van der Waals surface area contributed by atoms with E-state index in [0.29, 0.717) is 6.04 Å². The molecule has 0 aromatic rings. The molecule has 0 aliphatic rings. The molecule has 0 spiro atoms. The van der Waals surface area contributed by atoms with Gasteiger partial charge in [0.2, 0.25) is 0 Å². The van der Waals surface area contributed by atoms with Crippen LogP contribution in [-0.4, -0.2) is 37.6 Å². The molecule has 0 radical (unpaired) electrons. The number of nitrogens with one attached hydrogen (secondary N) is 1. The van der Waals surface area contributed by atoms with E-state index in [9.17, 15) is 0 Å². The lowest BCUT2D eigenvalue weighted by Gasteiger charge is -2.24. The molecule has 2 atom stereocenters. The van der Waals surface area contributed by atoms with E-state index in [1.807, 2.05) is 7.05 Å². The van der Waals surface area contributed by atoms with Gasteiger partial charge in [0.15, 0.2) is 0 Å². The SMILES string of the molecule is CCCC(C)N(C)CCCCC(C)NC. The van der Waals surface area contributed by atoms with E-state index in [-0.39, 0.29) is 0 Å². The maximum absolute atomic E-state index is 3.28. The van der Waals surface area contributed by atoms with E-state index < -0.39 is 0 Å². The quantitative estimate of drug-likeness (QED) is 0.594. The zero-order valence-corrected chi connectivity index (χ0v) is 11.3. The number of unbranched alkanes of at least 4 members (excludes halogenated alkanes) is 1. The molecule has 0 aromatic carbocycles. The number of hydrogen-bond acceptors (Lipinski definition) is 2. The zero-order chi connectivity index (χ0) is 11.7. The van der Waals surface area contributed by atoms with Gasteiger partial charge in [-0.3, -0.25) is 0 Å². The summed E-state index contributed by atoms with van der Waals surface area (Å²) in [5.41, 5.74) is 0. The average molecular weight is 214 g/mol. The minimum absolute atomic E-state index is 0.670. The second kappa shape index (κ2) is 9.17. The van der Waals surface area contributed by atoms with Crippen molar-refractivity contribution in [2.24, 2.45) is 0 Å². The van der Waals surface area contributed by atoms with Gasteiger partial charge in [0, 0.05) is 12.1 Å². The molecule has 0 aliphatic carbocycles. The molecule has 0 fully saturated rings. The smallest absolute Gasteiger partial charge is 0.00637 e. The highest BCUT2D eigenvalue weighted by Crippen LogP contribution is 2.07. The molecule has 2 heteroatoms. The number of hydrogen-bond donors (Lipinski definition) is 1. The van der Waals surface area contributed by atoms with Crippen molar-refractivity contribution >= 4 is 0 Å². The third-order valence-corrected chi connectivity index (χ3v) is 3.35. The fourth-order valence-electron chi connectivity index (χ4n) is 1.81. The molecule has 1 N–H and O–H groups in total. The average Bonchev–Trinajstić information content (AvgIpc) is 2.23. The van der Waals surface area contributed by atoms with E-state index in [1.54, 1.807) is 0 Å². The molecule has 0 amide bonds. The van der Waals surface area contributed by atoms with Gasteiger partial charge in [-0.1, -0.05) is 19.8 Å². The van der Waals surface area contributed by atoms with E-state index >= 15 is 0 Å². The molecule has 0 aromatic heterocycles.